The fourth-order valence-corrected chi connectivity index (χ4v) is 2.07. The summed E-state index contributed by atoms with van der Waals surface area (Å²) in [6, 6.07) is 10.1. The smallest absolute Gasteiger partial charge is 0.276 e. The number of allylic oxidation sites excluding steroid dienone is 1. The largest absolute Gasteiger partial charge is 0.289 e. The van der Waals surface area contributed by atoms with Gasteiger partial charge in [-0.05, 0) is 36.4 Å². The Balaban J connectivity index is 2.29. The van der Waals surface area contributed by atoms with Crippen molar-refractivity contribution in [2.45, 2.75) is 0 Å². The number of benzene rings is 2. The molecule has 0 bridgehead atoms. The quantitative estimate of drug-likeness (QED) is 0.356. The van der Waals surface area contributed by atoms with Crippen LogP contribution in [0.25, 0.3) is 6.08 Å². The van der Waals surface area contributed by atoms with Crippen LogP contribution in [0.1, 0.15) is 15.9 Å². The van der Waals surface area contributed by atoms with Crippen molar-refractivity contribution in [2.75, 3.05) is 0 Å². The van der Waals surface area contributed by atoms with E-state index in [-0.39, 0.29) is 16.8 Å². The maximum absolute atomic E-state index is 13.6. The molecule has 0 fully saturated rings. The predicted molar refractivity (Wildman–Crippen MR) is 80.6 cm³/mol. The molecule has 0 saturated heterocycles. The number of carbonyl (C=O) groups excluding carboxylic acids is 1. The molecule has 2 rings (SSSR count). The monoisotopic (exact) mass is 349 g/mol. The first-order valence-corrected chi connectivity index (χ1v) is 6.69. The highest BCUT2D eigenvalue weighted by Crippen LogP contribution is 2.20. The third kappa shape index (κ3) is 3.61. The van der Waals surface area contributed by atoms with Gasteiger partial charge in [-0.15, -0.1) is 0 Å². The van der Waals surface area contributed by atoms with Gasteiger partial charge >= 0.3 is 0 Å². The number of ketones is 1. The van der Waals surface area contributed by atoms with E-state index >= 15 is 0 Å². The molecule has 0 aliphatic rings. The number of carbonyl (C=O) groups is 1. The molecular weight excluding hydrogens is 341 g/mol. The van der Waals surface area contributed by atoms with Crippen molar-refractivity contribution in [2.24, 2.45) is 0 Å². The van der Waals surface area contributed by atoms with E-state index in [0.29, 0.717) is 4.47 Å². The minimum atomic E-state index is -0.651. The molecule has 2 aromatic rings. The lowest BCUT2D eigenvalue weighted by molar-refractivity contribution is -0.385. The molecule has 2 aromatic carbocycles. The Labute approximate surface area is 128 Å². The fraction of sp³-hybridized carbons (Fsp3) is 0. The van der Waals surface area contributed by atoms with Gasteiger partial charge in [0.25, 0.3) is 5.69 Å². The Morgan fingerprint density at radius 3 is 2.62 bits per heavy atom. The van der Waals surface area contributed by atoms with Crippen molar-refractivity contribution in [1.82, 2.24) is 0 Å². The maximum atomic E-state index is 13.6. The first-order valence-electron chi connectivity index (χ1n) is 5.90. The van der Waals surface area contributed by atoms with Gasteiger partial charge in [0.2, 0.25) is 0 Å². The molecule has 0 saturated carbocycles. The van der Waals surface area contributed by atoms with Crippen molar-refractivity contribution < 1.29 is 14.1 Å². The van der Waals surface area contributed by atoms with Gasteiger partial charge in [-0.25, -0.2) is 4.39 Å². The van der Waals surface area contributed by atoms with Crippen molar-refractivity contribution in [1.29, 1.82) is 0 Å². The number of rotatable bonds is 4. The highest BCUT2D eigenvalue weighted by molar-refractivity contribution is 9.10. The first-order chi connectivity index (χ1) is 9.99. The van der Waals surface area contributed by atoms with Crippen molar-refractivity contribution in [3.8, 4) is 0 Å². The predicted octanol–water partition coefficient (Wildman–Crippen LogP) is 4.39. The van der Waals surface area contributed by atoms with Gasteiger partial charge in [-0.1, -0.05) is 28.1 Å². The lowest BCUT2D eigenvalue weighted by Crippen LogP contribution is -1.98. The Morgan fingerprint density at radius 1 is 1.24 bits per heavy atom. The standard InChI is InChI=1S/C15H9BrFNO3/c16-11-6-7-12(13(17)9-11)15(19)8-5-10-3-1-2-4-14(10)18(20)21/h1-9H. The number of nitro benzene ring substituents is 1. The average Bonchev–Trinajstić information content (AvgIpc) is 2.45. The zero-order valence-corrected chi connectivity index (χ0v) is 12.2. The van der Waals surface area contributed by atoms with Crippen LogP contribution >= 0.6 is 15.9 Å². The minimum absolute atomic E-state index is 0.0898. The first kappa shape index (κ1) is 15.1. The van der Waals surface area contributed by atoms with Gasteiger partial charge < -0.3 is 0 Å². The molecule has 6 heteroatoms. The van der Waals surface area contributed by atoms with Crippen LogP contribution in [0.4, 0.5) is 10.1 Å². The molecule has 0 radical (unpaired) electrons. The zero-order chi connectivity index (χ0) is 15.4. The highest BCUT2D eigenvalue weighted by atomic mass is 79.9. The summed E-state index contributed by atoms with van der Waals surface area (Å²) in [6.45, 7) is 0. The second-order valence-electron chi connectivity index (χ2n) is 4.14. The normalized spacial score (nSPS) is 10.8. The molecule has 0 heterocycles. The number of nitro groups is 1. The maximum Gasteiger partial charge on any atom is 0.276 e. The number of halogens is 2. The van der Waals surface area contributed by atoms with Crippen LogP contribution in [0.5, 0.6) is 0 Å². The van der Waals surface area contributed by atoms with Crippen LogP contribution in [0.3, 0.4) is 0 Å². The number of hydrogen-bond donors (Lipinski definition) is 0. The summed E-state index contributed by atoms with van der Waals surface area (Å²) in [5.74, 6) is -1.21. The van der Waals surface area contributed by atoms with Crippen LogP contribution in [0, 0.1) is 15.9 Å². The second-order valence-corrected chi connectivity index (χ2v) is 5.05. The number of hydrogen-bond acceptors (Lipinski definition) is 3. The van der Waals surface area contributed by atoms with Crippen LogP contribution in [0.15, 0.2) is 53.0 Å². The van der Waals surface area contributed by atoms with Crippen LogP contribution in [0.2, 0.25) is 0 Å². The Bertz CT molecular complexity index is 743. The van der Waals surface area contributed by atoms with Gasteiger partial charge in [0, 0.05) is 10.5 Å². The van der Waals surface area contributed by atoms with Crippen LogP contribution in [-0.2, 0) is 0 Å². The third-order valence-electron chi connectivity index (χ3n) is 2.74. The summed E-state index contributed by atoms with van der Waals surface area (Å²) in [7, 11) is 0. The summed E-state index contributed by atoms with van der Waals surface area (Å²) < 4.78 is 14.2. The summed E-state index contributed by atoms with van der Waals surface area (Å²) in [4.78, 5) is 22.2. The number of para-hydroxylation sites is 1. The molecule has 21 heavy (non-hydrogen) atoms. The molecule has 0 amide bonds. The van der Waals surface area contributed by atoms with Crippen molar-refractivity contribution in [3.05, 3.63) is 80.1 Å². The van der Waals surface area contributed by atoms with E-state index in [0.717, 1.165) is 6.08 Å². The van der Waals surface area contributed by atoms with Crippen LogP contribution < -0.4 is 0 Å². The van der Waals surface area contributed by atoms with E-state index in [1.54, 1.807) is 12.1 Å². The van der Waals surface area contributed by atoms with E-state index < -0.39 is 16.5 Å². The van der Waals surface area contributed by atoms with Crippen molar-refractivity contribution >= 4 is 33.5 Å². The van der Waals surface area contributed by atoms with E-state index in [4.69, 9.17) is 0 Å². The molecule has 0 aromatic heterocycles. The number of nitrogens with zero attached hydrogens (tertiary/aromatic N) is 1. The van der Waals surface area contributed by atoms with Gasteiger partial charge in [0.1, 0.15) is 5.82 Å². The molecule has 0 aliphatic heterocycles. The molecule has 0 spiro atoms. The Hall–Kier alpha value is -2.34. The topological polar surface area (TPSA) is 60.2 Å². The highest BCUT2D eigenvalue weighted by Gasteiger charge is 2.12. The zero-order valence-electron chi connectivity index (χ0n) is 10.6. The molecule has 0 aliphatic carbocycles. The van der Waals surface area contributed by atoms with E-state index in [2.05, 4.69) is 15.9 Å². The summed E-state index contributed by atoms with van der Waals surface area (Å²) in [6.07, 6.45) is 2.43. The van der Waals surface area contributed by atoms with Gasteiger partial charge in [0.15, 0.2) is 5.78 Å². The third-order valence-corrected chi connectivity index (χ3v) is 3.24. The Morgan fingerprint density at radius 2 is 1.95 bits per heavy atom. The van der Waals surface area contributed by atoms with E-state index in [9.17, 15) is 19.3 Å². The second kappa shape index (κ2) is 6.41. The van der Waals surface area contributed by atoms with Gasteiger partial charge in [0.05, 0.1) is 16.1 Å². The lowest BCUT2D eigenvalue weighted by atomic mass is 10.1. The molecule has 0 unspecified atom stereocenters. The van der Waals surface area contributed by atoms with E-state index in [1.165, 1.54) is 36.4 Å². The summed E-state index contributed by atoms with van der Waals surface area (Å²) in [5, 5.41) is 10.8. The van der Waals surface area contributed by atoms with Crippen molar-refractivity contribution in [3.63, 3.8) is 0 Å². The van der Waals surface area contributed by atoms with Gasteiger partial charge in [-0.2, -0.15) is 0 Å². The Kier molecular flexibility index (Phi) is 4.59. The SMILES string of the molecule is O=C(C=Cc1ccccc1[N+](=O)[O-])c1ccc(Br)cc1F. The fourth-order valence-electron chi connectivity index (χ4n) is 1.74. The summed E-state index contributed by atoms with van der Waals surface area (Å²) in [5.41, 5.74) is 0.0826. The molecular formula is C15H9BrFNO3. The molecule has 0 atom stereocenters. The molecule has 106 valence electrons. The molecule has 0 N–H and O–H groups in total. The molecule has 4 nitrogen and oxygen atoms in total. The summed E-state index contributed by atoms with van der Waals surface area (Å²) >= 11 is 3.10. The van der Waals surface area contributed by atoms with Crippen LogP contribution in [-0.4, -0.2) is 10.7 Å². The average molecular weight is 350 g/mol. The lowest BCUT2D eigenvalue weighted by Gasteiger charge is -2.00. The van der Waals surface area contributed by atoms with E-state index in [1.807, 2.05) is 0 Å². The minimum Gasteiger partial charge on any atom is -0.289 e. The van der Waals surface area contributed by atoms with Gasteiger partial charge in [-0.3, -0.25) is 14.9 Å².